The summed E-state index contributed by atoms with van der Waals surface area (Å²) in [5.74, 6) is 0.232. The van der Waals surface area contributed by atoms with Crippen LogP contribution < -0.4 is 0 Å². The predicted molar refractivity (Wildman–Crippen MR) is 96.8 cm³/mol. The van der Waals surface area contributed by atoms with E-state index in [2.05, 4.69) is 15.3 Å². The molecule has 7 nitrogen and oxygen atoms in total. The van der Waals surface area contributed by atoms with Gasteiger partial charge in [0.05, 0.1) is 16.4 Å². The SMILES string of the molecule is Cc1nnc(COC(=O)c2cc3c(C)nn(-c4ccccc4Cl)c3s2)o1. The molecular formula is C17H13ClN4O3S. The third-order valence-electron chi connectivity index (χ3n) is 3.72. The molecule has 0 saturated heterocycles. The highest BCUT2D eigenvalue weighted by Crippen LogP contribution is 2.32. The number of aryl methyl sites for hydroxylation is 2. The number of hydrogen-bond acceptors (Lipinski definition) is 7. The Bertz CT molecular complexity index is 1110. The van der Waals surface area contributed by atoms with Crippen LogP contribution in [-0.4, -0.2) is 25.9 Å². The second kappa shape index (κ2) is 6.54. The molecule has 0 atom stereocenters. The molecule has 26 heavy (non-hydrogen) atoms. The number of benzene rings is 1. The molecule has 4 aromatic rings. The average molecular weight is 389 g/mol. The summed E-state index contributed by atoms with van der Waals surface area (Å²) in [4.78, 5) is 13.7. The van der Waals surface area contributed by atoms with Gasteiger partial charge in [-0.2, -0.15) is 5.10 Å². The zero-order chi connectivity index (χ0) is 18.3. The predicted octanol–water partition coefficient (Wildman–Crippen LogP) is 4.10. The fraction of sp³-hybridized carbons (Fsp3) is 0.176. The lowest BCUT2D eigenvalue weighted by Crippen LogP contribution is -2.03. The van der Waals surface area contributed by atoms with Crippen molar-refractivity contribution in [3.63, 3.8) is 0 Å². The third-order valence-corrected chi connectivity index (χ3v) is 5.13. The van der Waals surface area contributed by atoms with Crippen molar-refractivity contribution >= 4 is 39.1 Å². The van der Waals surface area contributed by atoms with Crippen LogP contribution in [0.15, 0.2) is 34.7 Å². The van der Waals surface area contributed by atoms with E-state index in [1.165, 1.54) is 11.3 Å². The van der Waals surface area contributed by atoms with Crippen molar-refractivity contribution in [1.82, 2.24) is 20.0 Å². The highest BCUT2D eigenvalue weighted by Gasteiger charge is 2.19. The maximum absolute atomic E-state index is 12.4. The smallest absolute Gasteiger partial charge is 0.348 e. The molecule has 0 N–H and O–H groups in total. The van der Waals surface area contributed by atoms with Crippen LogP contribution >= 0.6 is 22.9 Å². The van der Waals surface area contributed by atoms with Crippen LogP contribution in [0, 0.1) is 13.8 Å². The van der Waals surface area contributed by atoms with Gasteiger partial charge in [-0.05, 0) is 25.1 Å². The molecule has 4 rings (SSSR count). The lowest BCUT2D eigenvalue weighted by Gasteiger charge is -2.04. The van der Waals surface area contributed by atoms with E-state index in [1.807, 2.05) is 25.1 Å². The number of carbonyl (C=O) groups excluding carboxylic acids is 1. The molecule has 0 aliphatic rings. The van der Waals surface area contributed by atoms with E-state index in [9.17, 15) is 4.79 Å². The minimum atomic E-state index is -0.452. The normalized spacial score (nSPS) is 11.2. The van der Waals surface area contributed by atoms with E-state index in [1.54, 1.807) is 23.7 Å². The first-order valence-corrected chi connectivity index (χ1v) is 8.92. The average Bonchev–Trinajstić information content (AvgIpc) is 3.30. The standard InChI is InChI=1S/C17H13ClN4O3S/c1-9-11-7-14(17(23)24-8-15-20-19-10(2)25-15)26-16(11)22(21-9)13-6-4-3-5-12(13)18/h3-7H,8H2,1-2H3. The zero-order valence-electron chi connectivity index (χ0n) is 13.9. The van der Waals surface area contributed by atoms with Crippen LogP contribution in [0.5, 0.6) is 0 Å². The first-order valence-electron chi connectivity index (χ1n) is 7.73. The Kier molecular flexibility index (Phi) is 4.21. The molecule has 0 fully saturated rings. The number of fused-ring (bicyclic) bond motifs is 1. The molecule has 0 bridgehead atoms. The second-order valence-corrected chi connectivity index (χ2v) is 7.01. The number of rotatable bonds is 4. The summed E-state index contributed by atoms with van der Waals surface area (Å²) in [5.41, 5.74) is 1.57. The van der Waals surface area contributed by atoms with Crippen LogP contribution in [0.4, 0.5) is 0 Å². The molecule has 1 aromatic carbocycles. The fourth-order valence-electron chi connectivity index (χ4n) is 2.53. The fourth-order valence-corrected chi connectivity index (χ4v) is 3.81. The summed E-state index contributed by atoms with van der Waals surface area (Å²) in [6.45, 7) is 3.50. The Morgan fingerprint density at radius 3 is 2.85 bits per heavy atom. The number of carbonyl (C=O) groups is 1. The number of nitrogens with zero attached hydrogens (tertiary/aromatic N) is 4. The van der Waals surface area contributed by atoms with E-state index < -0.39 is 5.97 Å². The highest BCUT2D eigenvalue weighted by molar-refractivity contribution is 7.20. The lowest BCUT2D eigenvalue weighted by molar-refractivity contribution is 0.0442. The van der Waals surface area contributed by atoms with Gasteiger partial charge in [-0.25, -0.2) is 9.48 Å². The molecule has 0 aliphatic carbocycles. The zero-order valence-corrected chi connectivity index (χ0v) is 15.5. The number of para-hydroxylation sites is 1. The largest absolute Gasteiger partial charge is 0.451 e. The molecule has 0 unspecified atom stereocenters. The number of halogens is 1. The molecule has 0 aliphatic heterocycles. The maximum Gasteiger partial charge on any atom is 0.348 e. The van der Waals surface area contributed by atoms with Gasteiger partial charge in [-0.1, -0.05) is 23.7 Å². The number of thiophene rings is 1. The van der Waals surface area contributed by atoms with Crippen LogP contribution in [0.2, 0.25) is 5.02 Å². The Morgan fingerprint density at radius 1 is 1.31 bits per heavy atom. The molecule has 0 spiro atoms. The highest BCUT2D eigenvalue weighted by atomic mass is 35.5. The molecule has 0 radical (unpaired) electrons. The number of hydrogen-bond donors (Lipinski definition) is 0. The molecule has 9 heteroatoms. The van der Waals surface area contributed by atoms with E-state index in [0.717, 1.165) is 21.6 Å². The van der Waals surface area contributed by atoms with Crippen molar-refractivity contribution in [2.75, 3.05) is 0 Å². The second-order valence-electron chi connectivity index (χ2n) is 5.57. The summed E-state index contributed by atoms with van der Waals surface area (Å²) >= 11 is 7.58. The first-order chi connectivity index (χ1) is 12.5. The Morgan fingerprint density at radius 2 is 2.12 bits per heavy atom. The minimum absolute atomic E-state index is 0.0659. The van der Waals surface area contributed by atoms with Gasteiger partial charge in [0.2, 0.25) is 5.89 Å². The minimum Gasteiger partial charge on any atom is -0.451 e. The summed E-state index contributed by atoms with van der Waals surface area (Å²) in [7, 11) is 0. The first kappa shape index (κ1) is 16.7. The van der Waals surface area contributed by atoms with Gasteiger partial charge in [0.15, 0.2) is 6.61 Å². The van der Waals surface area contributed by atoms with E-state index >= 15 is 0 Å². The number of ether oxygens (including phenoxy) is 1. The summed E-state index contributed by atoms with van der Waals surface area (Å²) in [5, 5.41) is 13.5. The van der Waals surface area contributed by atoms with Crippen LogP contribution in [-0.2, 0) is 11.3 Å². The van der Waals surface area contributed by atoms with Crippen molar-refractivity contribution in [3.05, 3.63) is 57.7 Å². The van der Waals surface area contributed by atoms with Crippen LogP contribution in [0.25, 0.3) is 15.9 Å². The van der Waals surface area contributed by atoms with Crippen LogP contribution in [0.3, 0.4) is 0 Å². The summed E-state index contributed by atoms with van der Waals surface area (Å²) in [6.07, 6.45) is 0. The topological polar surface area (TPSA) is 83.0 Å². The Hall–Kier alpha value is -2.71. The quantitative estimate of drug-likeness (QED) is 0.489. The summed E-state index contributed by atoms with van der Waals surface area (Å²) < 4.78 is 12.2. The molecule has 0 amide bonds. The van der Waals surface area contributed by atoms with Gasteiger partial charge < -0.3 is 9.15 Å². The van der Waals surface area contributed by atoms with Crippen molar-refractivity contribution in [1.29, 1.82) is 0 Å². The molecule has 3 heterocycles. The number of esters is 1. The lowest BCUT2D eigenvalue weighted by atomic mass is 10.3. The van der Waals surface area contributed by atoms with E-state index in [0.29, 0.717) is 15.8 Å². The monoisotopic (exact) mass is 388 g/mol. The van der Waals surface area contributed by atoms with Gasteiger partial charge in [0.25, 0.3) is 5.89 Å². The Balaban J connectivity index is 1.64. The molecule has 0 saturated carbocycles. The van der Waals surface area contributed by atoms with E-state index in [4.69, 9.17) is 20.8 Å². The van der Waals surface area contributed by atoms with Gasteiger partial charge in [0, 0.05) is 12.3 Å². The summed E-state index contributed by atoms with van der Waals surface area (Å²) in [6, 6.07) is 9.20. The van der Waals surface area contributed by atoms with Gasteiger partial charge in [-0.15, -0.1) is 21.5 Å². The molecule has 3 aromatic heterocycles. The van der Waals surface area contributed by atoms with Crippen molar-refractivity contribution in [2.45, 2.75) is 20.5 Å². The maximum atomic E-state index is 12.4. The van der Waals surface area contributed by atoms with Crippen molar-refractivity contribution < 1.29 is 13.9 Å². The van der Waals surface area contributed by atoms with Crippen molar-refractivity contribution in [3.8, 4) is 5.69 Å². The van der Waals surface area contributed by atoms with Crippen LogP contribution in [0.1, 0.15) is 27.1 Å². The van der Waals surface area contributed by atoms with Gasteiger partial charge in [-0.3, -0.25) is 0 Å². The number of aromatic nitrogens is 4. The van der Waals surface area contributed by atoms with Gasteiger partial charge in [0.1, 0.15) is 9.71 Å². The van der Waals surface area contributed by atoms with Crippen molar-refractivity contribution in [2.24, 2.45) is 0 Å². The molecule has 132 valence electrons. The van der Waals surface area contributed by atoms with E-state index in [-0.39, 0.29) is 12.5 Å². The molecular weight excluding hydrogens is 376 g/mol. The van der Waals surface area contributed by atoms with Gasteiger partial charge >= 0.3 is 5.97 Å². The third kappa shape index (κ3) is 2.97. The Labute approximate surface area is 157 Å².